The van der Waals surface area contributed by atoms with Crippen LogP contribution in [0.4, 0.5) is 10.6 Å². The van der Waals surface area contributed by atoms with Gasteiger partial charge in [0.15, 0.2) is 11.5 Å². The van der Waals surface area contributed by atoms with E-state index in [-0.39, 0.29) is 11.6 Å². The number of alkyl carbamates (subject to hydrolysis) is 1. The molecule has 3 heterocycles. The third kappa shape index (κ3) is 4.05. The standard InChI is InChI=1S/C17H24BrN5O2/c1-16(2,3)21-15(24)25-17(4)5-8-22(9-6-17)13-14-20-11-12(18)23(14)10-7-19-13/h7,10-11H,5-6,8-9H2,1-4H3,(H,21,24). The summed E-state index contributed by atoms with van der Waals surface area (Å²) in [6, 6.07) is 0. The average Bonchev–Trinajstić information content (AvgIpc) is 2.87. The van der Waals surface area contributed by atoms with E-state index in [0.717, 1.165) is 42.0 Å². The third-order valence-electron chi connectivity index (χ3n) is 4.30. The number of ether oxygens (including phenoxy) is 1. The van der Waals surface area contributed by atoms with Crippen LogP contribution in [0.5, 0.6) is 0 Å². The minimum absolute atomic E-state index is 0.304. The molecule has 7 nitrogen and oxygen atoms in total. The molecule has 0 aromatic carbocycles. The summed E-state index contributed by atoms with van der Waals surface area (Å²) in [5.74, 6) is 0.856. The van der Waals surface area contributed by atoms with Crippen molar-refractivity contribution in [3.05, 3.63) is 23.2 Å². The number of imidazole rings is 1. The number of hydrogen-bond donors (Lipinski definition) is 1. The molecule has 8 heteroatoms. The lowest BCUT2D eigenvalue weighted by atomic mass is 9.93. The number of fused-ring (bicyclic) bond motifs is 1. The maximum absolute atomic E-state index is 12.1. The van der Waals surface area contributed by atoms with Crippen LogP contribution in [-0.4, -0.2) is 44.7 Å². The summed E-state index contributed by atoms with van der Waals surface area (Å²) in [6.45, 7) is 9.33. The van der Waals surface area contributed by atoms with Gasteiger partial charge in [-0.05, 0) is 43.6 Å². The van der Waals surface area contributed by atoms with E-state index in [0.29, 0.717) is 0 Å². The normalized spacial score (nSPS) is 17.6. The van der Waals surface area contributed by atoms with Gasteiger partial charge >= 0.3 is 6.09 Å². The molecule has 1 fully saturated rings. The quantitative estimate of drug-likeness (QED) is 0.822. The van der Waals surface area contributed by atoms with Crippen molar-refractivity contribution >= 4 is 33.5 Å². The van der Waals surface area contributed by atoms with E-state index in [1.165, 1.54) is 0 Å². The largest absolute Gasteiger partial charge is 0.443 e. The maximum atomic E-state index is 12.1. The second kappa shape index (κ2) is 6.48. The Morgan fingerprint density at radius 1 is 1.32 bits per heavy atom. The zero-order chi connectivity index (χ0) is 18.2. The van der Waals surface area contributed by atoms with E-state index < -0.39 is 5.60 Å². The van der Waals surface area contributed by atoms with Gasteiger partial charge in [-0.1, -0.05) is 0 Å². The second-order valence-corrected chi connectivity index (χ2v) is 8.54. The van der Waals surface area contributed by atoms with Crippen molar-refractivity contribution in [3.63, 3.8) is 0 Å². The summed E-state index contributed by atoms with van der Waals surface area (Å²) in [4.78, 5) is 23.2. The molecule has 0 spiro atoms. The molecule has 0 aliphatic carbocycles. The van der Waals surface area contributed by atoms with E-state index in [1.807, 2.05) is 38.3 Å². The van der Waals surface area contributed by atoms with Crippen LogP contribution in [0.15, 0.2) is 23.2 Å². The minimum Gasteiger partial charge on any atom is -0.443 e. The van der Waals surface area contributed by atoms with Crippen molar-refractivity contribution in [2.24, 2.45) is 0 Å². The van der Waals surface area contributed by atoms with E-state index in [2.05, 4.69) is 36.1 Å². The summed E-state index contributed by atoms with van der Waals surface area (Å²) in [6.07, 6.45) is 6.56. The van der Waals surface area contributed by atoms with Gasteiger partial charge in [0.05, 0.1) is 6.20 Å². The molecule has 0 radical (unpaired) electrons. The number of piperidine rings is 1. The van der Waals surface area contributed by atoms with E-state index >= 15 is 0 Å². The van der Waals surface area contributed by atoms with Gasteiger partial charge in [0, 0.05) is 43.9 Å². The van der Waals surface area contributed by atoms with Gasteiger partial charge in [-0.2, -0.15) is 0 Å². The molecule has 0 bridgehead atoms. The summed E-state index contributed by atoms with van der Waals surface area (Å²) in [5.41, 5.74) is 0.0543. The van der Waals surface area contributed by atoms with Crippen molar-refractivity contribution < 1.29 is 9.53 Å². The zero-order valence-corrected chi connectivity index (χ0v) is 16.6. The molecule has 1 amide bonds. The van der Waals surface area contributed by atoms with Crippen LogP contribution in [0.2, 0.25) is 0 Å². The van der Waals surface area contributed by atoms with Gasteiger partial charge in [0.1, 0.15) is 10.2 Å². The van der Waals surface area contributed by atoms with Crippen LogP contribution in [-0.2, 0) is 4.74 Å². The predicted octanol–water partition coefficient (Wildman–Crippen LogP) is 3.38. The Morgan fingerprint density at radius 2 is 2.00 bits per heavy atom. The van der Waals surface area contributed by atoms with Crippen LogP contribution in [0.1, 0.15) is 40.5 Å². The lowest BCUT2D eigenvalue weighted by Crippen LogP contribution is -2.49. The first-order chi connectivity index (χ1) is 11.7. The molecule has 1 aliphatic heterocycles. The van der Waals surface area contributed by atoms with Crippen LogP contribution in [0.25, 0.3) is 5.65 Å². The first kappa shape index (κ1) is 18.0. The third-order valence-corrected chi connectivity index (χ3v) is 4.89. The van der Waals surface area contributed by atoms with Gasteiger partial charge in [-0.3, -0.25) is 4.40 Å². The maximum Gasteiger partial charge on any atom is 0.408 e. The molecule has 136 valence electrons. The Morgan fingerprint density at radius 3 is 2.64 bits per heavy atom. The first-order valence-electron chi connectivity index (χ1n) is 8.41. The minimum atomic E-state index is -0.465. The van der Waals surface area contributed by atoms with Gasteiger partial charge in [-0.25, -0.2) is 14.8 Å². The van der Waals surface area contributed by atoms with Crippen molar-refractivity contribution in [2.75, 3.05) is 18.0 Å². The number of nitrogens with one attached hydrogen (secondary N) is 1. The summed E-state index contributed by atoms with van der Waals surface area (Å²) >= 11 is 3.48. The average molecular weight is 410 g/mol. The van der Waals surface area contributed by atoms with Gasteiger partial charge in [0.2, 0.25) is 0 Å². The number of anilines is 1. The van der Waals surface area contributed by atoms with Crippen molar-refractivity contribution in [1.29, 1.82) is 0 Å². The van der Waals surface area contributed by atoms with Gasteiger partial charge < -0.3 is 15.0 Å². The van der Waals surface area contributed by atoms with Crippen molar-refractivity contribution in [3.8, 4) is 0 Å². The molecule has 2 aromatic rings. The van der Waals surface area contributed by atoms with E-state index in [4.69, 9.17) is 4.74 Å². The fourth-order valence-corrected chi connectivity index (χ4v) is 3.34. The Kier molecular flexibility index (Phi) is 4.66. The highest BCUT2D eigenvalue weighted by molar-refractivity contribution is 9.10. The number of carbonyl (C=O) groups excluding carboxylic acids is 1. The van der Waals surface area contributed by atoms with E-state index in [1.54, 1.807) is 12.4 Å². The van der Waals surface area contributed by atoms with Crippen molar-refractivity contribution in [2.45, 2.75) is 51.7 Å². The molecular formula is C17H24BrN5O2. The second-order valence-electron chi connectivity index (χ2n) is 7.73. The highest BCUT2D eigenvalue weighted by Gasteiger charge is 2.35. The highest BCUT2D eigenvalue weighted by atomic mass is 79.9. The van der Waals surface area contributed by atoms with Crippen LogP contribution in [0, 0.1) is 0 Å². The number of aromatic nitrogens is 3. The van der Waals surface area contributed by atoms with E-state index in [9.17, 15) is 4.79 Å². The van der Waals surface area contributed by atoms with Gasteiger partial charge in [0.25, 0.3) is 0 Å². The fourth-order valence-electron chi connectivity index (χ4n) is 2.95. The van der Waals surface area contributed by atoms with Crippen LogP contribution < -0.4 is 10.2 Å². The van der Waals surface area contributed by atoms with Crippen LogP contribution >= 0.6 is 15.9 Å². The number of carbonyl (C=O) groups is 1. The number of amides is 1. The number of rotatable bonds is 2. The molecule has 1 aliphatic rings. The fraction of sp³-hybridized carbons (Fsp3) is 0.588. The lowest BCUT2D eigenvalue weighted by Gasteiger charge is -2.39. The molecule has 0 atom stereocenters. The molecular weight excluding hydrogens is 386 g/mol. The highest BCUT2D eigenvalue weighted by Crippen LogP contribution is 2.30. The summed E-state index contributed by atoms with van der Waals surface area (Å²) in [5, 5.41) is 2.86. The number of nitrogens with zero attached hydrogens (tertiary/aromatic N) is 4. The molecule has 2 aromatic heterocycles. The Hall–Kier alpha value is -1.83. The molecule has 3 rings (SSSR count). The Bertz CT molecular complexity index is 775. The van der Waals surface area contributed by atoms with Gasteiger partial charge in [-0.15, -0.1) is 0 Å². The summed E-state index contributed by atoms with van der Waals surface area (Å²) < 4.78 is 8.57. The number of hydrogen-bond acceptors (Lipinski definition) is 5. The lowest BCUT2D eigenvalue weighted by molar-refractivity contribution is 0.00408. The molecule has 0 saturated carbocycles. The molecule has 1 saturated heterocycles. The molecule has 25 heavy (non-hydrogen) atoms. The van der Waals surface area contributed by atoms with Crippen LogP contribution in [0.3, 0.4) is 0 Å². The SMILES string of the molecule is CC(C)(C)NC(=O)OC1(C)CCN(c2nccn3c(Br)cnc23)CC1. The molecule has 0 unspecified atom stereocenters. The Labute approximate surface area is 155 Å². The number of halogens is 1. The predicted molar refractivity (Wildman–Crippen MR) is 99.9 cm³/mol. The smallest absolute Gasteiger partial charge is 0.408 e. The summed E-state index contributed by atoms with van der Waals surface area (Å²) in [7, 11) is 0. The first-order valence-corrected chi connectivity index (χ1v) is 9.20. The zero-order valence-electron chi connectivity index (χ0n) is 15.0. The Balaban J connectivity index is 1.68. The topological polar surface area (TPSA) is 71.8 Å². The monoisotopic (exact) mass is 409 g/mol. The van der Waals surface area contributed by atoms with Crippen molar-refractivity contribution in [1.82, 2.24) is 19.7 Å². The molecule has 1 N–H and O–H groups in total.